The van der Waals surface area contributed by atoms with E-state index in [9.17, 15) is 18.0 Å². The molecule has 0 aliphatic carbocycles. The molecule has 0 spiro atoms. The van der Waals surface area contributed by atoms with Crippen molar-refractivity contribution in [1.29, 1.82) is 0 Å². The monoisotopic (exact) mass is 344 g/mol. The Balaban J connectivity index is 1.90. The first-order chi connectivity index (χ1) is 11.4. The lowest BCUT2D eigenvalue weighted by atomic mass is 10.1. The zero-order valence-electron chi connectivity index (χ0n) is 13.0. The van der Waals surface area contributed by atoms with Crippen LogP contribution in [0.4, 0.5) is 11.4 Å². The number of nitrogens with zero attached hydrogens (tertiary/aromatic N) is 1. The van der Waals surface area contributed by atoms with Gasteiger partial charge in [-0.2, -0.15) is 0 Å². The predicted molar refractivity (Wildman–Crippen MR) is 91.3 cm³/mol. The summed E-state index contributed by atoms with van der Waals surface area (Å²) in [4.78, 5) is 24.5. The molecule has 1 heterocycles. The van der Waals surface area contributed by atoms with Crippen molar-refractivity contribution in [3.8, 4) is 0 Å². The molecule has 7 heteroatoms. The molecule has 0 aromatic heterocycles. The van der Waals surface area contributed by atoms with Crippen LogP contribution in [0, 0.1) is 5.92 Å². The van der Waals surface area contributed by atoms with E-state index in [0.29, 0.717) is 5.69 Å². The minimum Gasteiger partial charge on any atom is -0.322 e. The highest BCUT2D eigenvalue weighted by atomic mass is 32.2. The van der Waals surface area contributed by atoms with Crippen molar-refractivity contribution in [1.82, 2.24) is 0 Å². The summed E-state index contributed by atoms with van der Waals surface area (Å²) in [6.45, 7) is 1.58. The number of amides is 2. The first-order valence-corrected chi connectivity index (χ1v) is 9.03. The standard InChI is InChI=1S/C17H16N2O4S/c1-12-11-24(22,23)19(17(12)21)15-9-5-6-13(10-15)16(20)18-14-7-3-2-4-8-14/h2-10,12H,11H2,1H3,(H,18,20)/t12-/m0/s1. The Morgan fingerprint density at radius 1 is 1.12 bits per heavy atom. The van der Waals surface area contributed by atoms with Gasteiger partial charge in [-0.3, -0.25) is 9.59 Å². The van der Waals surface area contributed by atoms with Gasteiger partial charge < -0.3 is 5.32 Å². The van der Waals surface area contributed by atoms with Crippen LogP contribution in [0.15, 0.2) is 54.6 Å². The molecule has 0 unspecified atom stereocenters. The molecule has 1 N–H and O–H groups in total. The largest absolute Gasteiger partial charge is 0.322 e. The van der Waals surface area contributed by atoms with E-state index in [1.54, 1.807) is 43.3 Å². The van der Waals surface area contributed by atoms with Gasteiger partial charge in [-0.05, 0) is 30.3 Å². The fourth-order valence-corrected chi connectivity index (χ4v) is 4.40. The first-order valence-electron chi connectivity index (χ1n) is 7.42. The van der Waals surface area contributed by atoms with E-state index >= 15 is 0 Å². The van der Waals surface area contributed by atoms with Crippen molar-refractivity contribution in [2.45, 2.75) is 6.92 Å². The molecule has 1 fully saturated rings. The van der Waals surface area contributed by atoms with E-state index in [4.69, 9.17) is 0 Å². The van der Waals surface area contributed by atoms with Crippen LogP contribution in [0.2, 0.25) is 0 Å². The maximum Gasteiger partial charge on any atom is 0.255 e. The van der Waals surface area contributed by atoms with Gasteiger partial charge in [-0.1, -0.05) is 31.2 Å². The van der Waals surface area contributed by atoms with Crippen LogP contribution in [0.5, 0.6) is 0 Å². The zero-order valence-corrected chi connectivity index (χ0v) is 13.8. The highest BCUT2D eigenvalue weighted by Gasteiger charge is 2.42. The third kappa shape index (κ3) is 3.03. The van der Waals surface area contributed by atoms with Crippen molar-refractivity contribution in [2.75, 3.05) is 15.4 Å². The second-order valence-corrected chi connectivity index (χ2v) is 7.52. The van der Waals surface area contributed by atoms with Crippen LogP contribution in [0.1, 0.15) is 17.3 Å². The minimum atomic E-state index is -3.69. The molecule has 0 bridgehead atoms. The Kier molecular flexibility index (Phi) is 4.11. The molecule has 1 aliphatic rings. The lowest BCUT2D eigenvalue weighted by Gasteiger charge is -2.16. The number of hydrogen-bond donors (Lipinski definition) is 1. The fourth-order valence-electron chi connectivity index (χ4n) is 2.59. The van der Waals surface area contributed by atoms with Crippen LogP contribution in [0.25, 0.3) is 0 Å². The summed E-state index contributed by atoms with van der Waals surface area (Å²) in [6.07, 6.45) is 0. The summed E-state index contributed by atoms with van der Waals surface area (Å²) in [6, 6.07) is 15.0. The molecule has 24 heavy (non-hydrogen) atoms. The third-order valence-corrected chi connectivity index (χ3v) is 5.60. The number of para-hydroxylation sites is 1. The van der Waals surface area contributed by atoms with Gasteiger partial charge in [-0.15, -0.1) is 0 Å². The normalized spacial score (nSPS) is 19.3. The molecule has 3 rings (SSSR count). The molecule has 6 nitrogen and oxygen atoms in total. The van der Waals surface area contributed by atoms with Crippen molar-refractivity contribution >= 4 is 33.2 Å². The van der Waals surface area contributed by atoms with Crippen LogP contribution in [0.3, 0.4) is 0 Å². The summed E-state index contributed by atoms with van der Waals surface area (Å²) in [5.74, 6) is -1.65. The van der Waals surface area contributed by atoms with Crippen molar-refractivity contribution in [3.63, 3.8) is 0 Å². The van der Waals surface area contributed by atoms with Gasteiger partial charge in [0.25, 0.3) is 5.91 Å². The van der Waals surface area contributed by atoms with Gasteiger partial charge in [0.05, 0.1) is 17.4 Å². The molecule has 1 atom stereocenters. The quantitative estimate of drug-likeness (QED) is 0.926. The number of carbonyl (C=O) groups is 2. The Morgan fingerprint density at radius 3 is 2.46 bits per heavy atom. The maximum atomic E-state index is 12.3. The number of benzene rings is 2. The molecule has 1 aliphatic heterocycles. The molecule has 2 aromatic rings. The Hall–Kier alpha value is -2.67. The van der Waals surface area contributed by atoms with Crippen LogP contribution >= 0.6 is 0 Å². The van der Waals surface area contributed by atoms with E-state index in [1.807, 2.05) is 6.07 Å². The van der Waals surface area contributed by atoms with E-state index in [-0.39, 0.29) is 22.9 Å². The van der Waals surface area contributed by atoms with E-state index in [1.165, 1.54) is 12.1 Å². The number of nitrogens with one attached hydrogen (secondary N) is 1. The summed E-state index contributed by atoms with van der Waals surface area (Å²) < 4.78 is 25.1. The number of sulfonamides is 1. The number of hydrogen-bond acceptors (Lipinski definition) is 4. The summed E-state index contributed by atoms with van der Waals surface area (Å²) >= 11 is 0. The zero-order chi connectivity index (χ0) is 17.3. The first kappa shape index (κ1) is 16.2. The highest BCUT2D eigenvalue weighted by Crippen LogP contribution is 2.28. The molecule has 0 saturated carbocycles. The molecule has 2 amide bonds. The van der Waals surface area contributed by atoms with Crippen LogP contribution in [-0.4, -0.2) is 26.0 Å². The lowest BCUT2D eigenvalue weighted by Crippen LogP contribution is -2.30. The van der Waals surface area contributed by atoms with Gasteiger partial charge in [0.2, 0.25) is 15.9 Å². The number of anilines is 2. The average molecular weight is 344 g/mol. The van der Waals surface area contributed by atoms with Crippen molar-refractivity contribution in [2.24, 2.45) is 5.92 Å². The fraction of sp³-hybridized carbons (Fsp3) is 0.176. The van der Waals surface area contributed by atoms with Gasteiger partial charge in [0, 0.05) is 11.3 Å². The molecule has 2 aromatic carbocycles. The SMILES string of the molecule is C[C@H]1CS(=O)(=O)N(c2cccc(C(=O)Nc3ccccc3)c2)C1=O. The summed E-state index contributed by atoms with van der Waals surface area (Å²) in [7, 11) is -3.69. The van der Waals surface area contributed by atoms with Gasteiger partial charge in [-0.25, -0.2) is 12.7 Å². The topological polar surface area (TPSA) is 83.6 Å². The van der Waals surface area contributed by atoms with Crippen LogP contribution in [-0.2, 0) is 14.8 Å². The average Bonchev–Trinajstić information content (AvgIpc) is 2.76. The molecular weight excluding hydrogens is 328 g/mol. The van der Waals surface area contributed by atoms with Gasteiger partial charge >= 0.3 is 0 Å². The Morgan fingerprint density at radius 2 is 1.83 bits per heavy atom. The highest BCUT2D eigenvalue weighted by molar-refractivity contribution is 7.94. The number of carbonyl (C=O) groups excluding carboxylic acids is 2. The molecule has 1 saturated heterocycles. The van der Waals surface area contributed by atoms with E-state index in [0.717, 1.165) is 4.31 Å². The Labute approximate surface area is 140 Å². The van der Waals surface area contributed by atoms with E-state index in [2.05, 4.69) is 5.32 Å². The van der Waals surface area contributed by atoms with Crippen molar-refractivity contribution in [3.05, 3.63) is 60.2 Å². The minimum absolute atomic E-state index is 0.185. The molecule has 124 valence electrons. The van der Waals surface area contributed by atoms with Crippen LogP contribution < -0.4 is 9.62 Å². The molecule has 0 radical (unpaired) electrons. The Bertz CT molecular complexity index is 894. The predicted octanol–water partition coefficient (Wildman–Crippen LogP) is 2.25. The van der Waals surface area contributed by atoms with Gasteiger partial charge in [0.15, 0.2) is 0 Å². The summed E-state index contributed by atoms with van der Waals surface area (Å²) in [5, 5.41) is 2.72. The van der Waals surface area contributed by atoms with E-state index < -0.39 is 21.8 Å². The smallest absolute Gasteiger partial charge is 0.255 e. The van der Waals surface area contributed by atoms with Crippen molar-refractivity contribution < 1.29 is 18.0 Å². The third-order valence-electron chi connectivity index (χ3n) is 3.74. The maximum absolute atomic E-state index is 12.3. The second kappa shape index (κ2) is 6.09. The summed E-state index contributed by atoms with van der Waals surface area (Å²) in [5.41, 5.74) is 1.09. The number of rotatable bonds is 3. The lowest BCUT2D eigenvalue weighted by molar-refractivity contribution is -0.119. The second-order valence-electron chi connectivity index (χ2n) is 5.65. The molecular formula is C17H16N2O4S. The van der Waals surface area contributed by atoms with Gasteiger partial charge in [0.1, 0.15) is 0 Å².